The van der Waals surface area contributed by atoms with Crippen LogP contribution < -0.4 is 5.32 Å². The average Bonchev–Trinajstić information content (AvgIpc) is 3.06. The summed E-state index contributed by atoms with van der Waals surface area (Å²) in [5, 5.41) is 10.2. The number of hydrogen-bond acceptors (Lipinski definition) is 3. The van der Waals surface area contributed by atoms with Gasteiger partial charge in [-0.3, -0.25) is 5.10 Å². The Morgan fingerprint density at radius 3 is 2.94 bits per heavy atom. The Balaban J connectivity index is 1.77. The zero-order chi connectivity index (χ0) is 11.7. The minimum absolute atomic E-state index is 0.298. The monoisotopic (exact) mass is 232 g/mol. The van der Waals surface area contributed by atoms with Gasteiger partial charge in [0.2, 0.25) is 0 Å². The van der Waals surface area contributed by atoms with Gasteiger partial charge in [0.25, 0.3) is 0 Å². The second-order valence-corrected chi connectivity index (χ2v) is 4.24. The topological polar surface area (TPSA) is 53.6 Å². The highest BCUT2D eigenvalue weighted by molar-refractivity contribution is 5.55. The van der Waals surface area contributed by atoms with E-state index in [1.165, 1.54) is 18.9 Å². The molecule has 0 atom stereocenters. The Hall–Kier alpha value is -1.75. The van der Waals surface area contributed by atoms with Gasteiger partial charge in [-0.05, 0) is 25.0 Å². The maximum atomic E-state index is 13.5. The van der Waals surface area contributed by atoms with Crippen LogP contribution in [0.2, 0.25) is 0 Å². The Labute approximate surface area is 98.3 Å². The van der Waals surface area contributed by atoms with Gasteiger partial charge in [0.1, 0.15) is 11.6 Å². The van der Waals surface area contributed by atoms with E-state index in [0.29, 0.717) is 24.0 Å². The van der Waals surface area contributed by atoms with E-state index >= 15 is 0 Å². The van der Waals surface area contributed by atoms with Crippen molar-refractivity contribution in [2.45, 2.75) is 25.4 Å². The summed E-state index contributed by atoms with van der Waals surface area (Å²) in [7, 11) is 0. The van der Waals surface area contributed by atoms with E-state index in [9.17, 15) is 4.39 Å². The Kier molecular flexibility index (Phi) is 2.60. The smallest absolute Gasteiger partial charge is 0.184 e. The second kappa shape index (κ2) is 4.25. The molecular weight excluding hydrogens is 219 g/mol. The molecule has 1 saturated carbocycles. The molecule has 1 aliphatic carbocycles. The van der Waals surface area contributed by atoms with Crippen LogP contribution in [0, 0.1) is 5.82 Å². The van der Waals surface area contributed by atoms with Crippen molar-refractivity contribution in [2.24, 2.45) is 0 Å². The molecule has 4 nitrogen and oxygen atoms in total. The molecule has 17 heavy (non-hydrogen) atoms. The quantitative estimate of drug-likeness (QED) is 0.846. The maximum Gasteiger partial charge on any atom is 0.184 e. The lowest BCUT2D eigenvalue weighted by Crippen LogP contribution is -2.16. The second-order valence-electron chi connectivity index (χ2n) is 4.24. The zero-order valence-corrected chi connectivity index (χ0v) is 9.28. The van der Waals surface area contributed by atoms with Gasteiger partial charge in [0, 0.05) is 6.04 Å². The van der Waals surface area contributed by atoms with Crippen LogP contribution in [0.25, 0.3) is 11.4 Å². The van der Waals surface area contributed by atoms with Crippen molar-refractivity contribution in [3.8, 4) is 11.4 Å². The van der Waals surface area contributed by atoms with Crippen molar-refractivity contribution in [1.82, 2.24) is 20.5 Å². The number of aromatic amines is 1. The molecule has 1 fully saturated rings. The third kappa shape index (κ3) is 2.34. The fraction of sp³-hybridized carbons (Fsp3) is 0.333. The first-order valence-electron chi connectivity index (χ1n) is 5.72. The van der Waals surface area contributed by atoms with Crippen molar-refractivity contribution in [2.75, 3.05) is 0 Å². The van der Waals surface area contributed by atoms with Crippen molar-refractivity contribution in [1.29, 1.82) is 0 Å². The molecule has 88 valence electrons. The lowest BCUT2D eigenvalue weighted by molar-refractivity contribution is 0.630. The van der Waals surface area contributed by atoms with Crippen LogP contribution in [-0.2, 0) is 6.54 Å². The molecule has 1 aromatic carbocycles. The highest BCUT2D eigenvalue weighted by Gasteiger charge is 2.20. The van der Waals surface area contributed by atoms with Gasteiger partial charge in [-0.1, -0.05) is 12.1 Å². The molecular formula is C12H13FN4. The van der Waals surface area contributed by atoms with Gasteiger partial charge in [-0.25, -0.2) is 9.37 Å². The van der Waals surface area contributed by atoms with Gasteiger partial charge >= 0.3 is 0 Å². The first-order chi connectivity index (χ1) is 8.33. The van der Waals surface area contributed by atoms with E-state index < -0.39 is 0 Å². The van der Waals surface area contributed by atoms with Crippen LogP contribution >= 0.6 is 0 Å². The van der Waals surface area contributed by atoms with Crippen molar-refractivity contribution < 1.29 is 4.39 Å². The number of aromatic nitrogens is 3. The average molecular weight is 232 g/mol. The van der Waals surface area contributed by atoms with Crippen LogP contribution in [0.15, 0.2) is 24.3 Å². The number of nitrogens with one attached hydrogen (secondary N) is 2. The van der Waals surface area contributed by atoms with Crippen molar-refractivity contribution >= 4 is 0 Å². The molecule has 0 spiro atoms. The number of nitrogens with zero attached hydrogens (tertiary/aromatic N) is 2. The van der Waals surface area contributed by atoms with E-state index in [1.807, 2.05) is 0 Å². The van der Waals surface area contributed by atoms with E-state index in [0.717, 1.165) is 5.82 Å². The molecule has 1 aliphatic rings. The lowest BCUT2D eigenvalue weighted by atomic mass is 10.2. The molecule has 2 N–H and O–H groups in total. The number of hydrogen-bond donors (Lipinski definition) is 2. The van der Waals surface area contributed by atoms with Crippen LogP contribution in [0.5, 0.6) is 0 Å². The summed E-state index contributed by atoms with van der Waals surface area (Å²) in [6.07, 6.45) is 2.46. The number of rotatable bonds is 4. The molecule has 5 heteroatoms. The maximum absolute atomic E-state index is 13.5. The van der Waals surface area contributed by atoms with Crippen molar-refractivity contribution in [3.05, 3.63) is 35.9 Å². The molecule has 1 heterocycles. The fourth-order valence-corrected chi connectivity index (χ4v) is 1.67. The Morgan fingerprint density at radius 1 is 1.35 bits per heavy atom. The highest BCUT2D eigenvalue weighted by Crippen LogP contribution is 2.20. The van der Waals surface area contributed by atoms with Crippen LogP contribution in [0.1, 0.15) is 18.7 Å². The molecule has 0 amide bonds. The standard InChI is InChI=1S/C12H13FN4/c13-10-4-2-1-3-9(10)12-15-11(16-17-12)7-14-8-5-6-8/h1-4,8,14H,5-7H2,(H,15,16,17). The van der Waals surface area contributed by atoms with Gasteiger partial charge in [-0.15, -0.1) is 0 Å². The van der Waals surface area contributed by atoms with Crippen LogP contribution in [-0.4, -0.2) is 21.2 Å². The van der Waals surface area contributed by atoms with E-state index in [-0.39, 0.29) is 5.82 Å². The number of halogens is 1. The molecule has 0 unspecified atom stereocenters. The van der Waals surface area contributed by atoms with Crippen LogP contribution in [0.3, 0.4) is 0 Å². The van der Waals surface area contributed by atoms with E-state index in [4.69, 9.17) is 0 Å². The third-order valence-electron chi connectivity index (χ3n) is 2.78. The summed E-state index contributed by atoms with van der Waals surface area (Å²) < 4.78 is 13.5. The van der Waals surface area contributed by atoms with E-state index in [1.54, 1.807) is 18.2 Å². The third-order valence-corrected chi connectivity index (χ3v) is 2.78. The van der Waals surface area contributed by atoms with Crippen LogP contribution in [0.4, 0.5) is 4.39 Å². The molecule has 0 bridgehead atoms. The summed E-state index contributed by atoms with van der Waals surface area (Å²) in [6.45, 7) is 0.659. The minimum Gasteiger partial charge on any atom is -0.307 e. The van der Waals surface area contributed by atoms with Crippen molar-refractivity contribution in [3.63, 3.8) is 0 Å². The molecule has 1 aromatic heterocycles. The molecule has 0 radical (unpaired) electrons. The van der Waals surface area contributed by atoms with Gasteiger partial charge in [0.05, 0.1) is 12.1 Å². The first-order valence-corrected chi connectivity index (χ1v) is 5.72. The number of H-pyrrole nitrogens is 1. The molecule has 3 rings (SSSR count). The summed E-state index contributed by atoms with van der Waals surface area (Å²) >= 11 is 0. The Morgan fingerprint density at radius 2 is 2.18 bits per heavy atom. The van der Waals surface area contributed by atoms with E-state index in [2.05, 4.69) is 20.5 Å². The predicted molar refractivity (Wildman–Crippen MR) is 61.6 cm³/mol. The Bertz CT molecular complexity index is 519. The van der Waals surface area contributed by atoms with Gasteiger partial charge < -0.3 is 5.32 Å². The fourth-order valence-electron chi connectivity index (χ4n) is 1.67. The van der Waals surface area contributed by atoms with Gasteiger partial charge in [-0.2, -0.15) is 5.10 Å². The normalized spacial score (nSPS) is 15.1. The van der Waals surface area contributed by atoms with Gasteiger partial charge in [0.15, 0.2) is 5.82 Å². The largest absolute Gasteiger partial charge is 0.307 e. The lowest BCUT2D eigenvalue weighted by Gasteiger charge is -1.97. The molecule has 2 aromatic rings. The first kappa shape index (κ1) is 10.4. The molecule has 0 aliphatic heterocycles. The summed E-state index contributed by atoms with van der Waals surface area (Å²) in [5.41, 5.74) is 0.432. The zero-order valence-electron chi connectivity index (χ0n) is 9.28. The minimum atomic E-state index is -0.298. The highest BCUT2D eigenvalue weighted by atomic mass is 19.1. The summed E-state index contributed by atoms with van der Waals surface area (Å²) in [5.74, 6) is 0.860. The molecule has 0 saturated heterocycles. The predicted octanol–water partition coefficient (Wildman–Crippen LogP) is 1.86. The SMILES string of the molecule is Fc1ccccc1-c1n[nH]c(CNC2CC2)n1. The number of benzene rings is 1. The summed E-state index contributed by atoms with van der Waals surface area (Å²) in [4.78, 5) is 4.27. The summed E-state index contributed by atoms with van der Waals surface area (Å²) in [6, 6.07) is 7.14.